The second-order valence-electron chi connectivity index (χ2n) is 5.41. The lowest BCUT2D eigenvalue weighted by Gasteiger charge is -2.15. The zero-order chi connectivity index (χ0) is 16.4. The van der Waals surface area contributed by atoms with Crippen molar-refractivity contribution < 1.29 is 14.3 Å². The number of thiazole rings is 1. The fourth-order valence-corrected chi connectivity index (χ4v) is 3.71. The molecule has 0 radical (unpaired) electrons. The van der Waals surface area contributed by atoms with Crippen molar-refractivity contribution >= 4 is 22.4 Å². The monoisotopic (exact) mass is 333 g/mol. The third-order valence-corrected chi connectivity index (χ3v) is 4.88. The number of methoxy groups -OCH3 is 2. The van der Waals surface area contributed by atoms with Crippen LogP contribution in [0.15, 0.2) is 18.2 Å². The first-order valence-corrected chi connectivity index (χ1v) is 8.20. The number of rotatable bonds is 4. The highest BCUT2D eigenvalue weighted by Gasteiger charge is 2.22. The molecule has 1 heterocycles. The number of hydrogen-bond acceptors (Lipinski definition) is 6. The van der Waals surface area contributed by atoms with E-state index in [1.54, 1.807) is 25.3 Å². The van der Waals surface area contributed by atoms with Gasteiger partial charge in [0.05, 0.1) is 25.5 Å². The van der Waals surface area contributed by atoms with Gasteiger partial charge in [-0.1, -0.05) is 0 Å². The maximum atomic E-state index is 12.5. The van der Waals surface area contributed by atoms with E-state index in [0.29, 0.717) is 22.2 Å². The van der Waals surface area contributed by atoms with E-state index in [9.17, 15) is 4.79 Å². The first-order chi connectivity index (χ1) is 11.1. The predicted octanol–water partition coefficient (Wildman–Crippen LogP) is 2.23. The number of ether oxygens (including phenoxy) is 2. The molecule has 1 atom stereocenters. The number of amides is 1. The SMILES string of the molecule is COc1ccc(OC)c(C(=O)Nc2nc3c(s2)C[C@@H](N)CC3)c1. The van der Waals surface area contributed by atoms with Crippen molar-refractivity contribution in [1.82, 2.24) is 4.98 Å². The van der Waals surface area contributed by atoms with Crippen LogP contribution < -0.4 is 20.5 Å². The lowest BCUT2D eigenvalue weighted by atomic mass is 9.99. The van der Waals surface area contributed by atoms with Gasteiger partial charge < -0.3 is 15.2 Å². The molecule has 2 aromatic rings. The minimum Gasteiger partial charge on any atom is -0.497 e. The lowest BCUT2D eigenvalue weighted by molar-refractivity contribution is 0.102. The van der Waals surface area contributed by atoms with Crippen molar-refractivity contribution in [3.63, 3.8) is 0 Å². The number of fused-ring (bicyclic) bond motifs is 1. The smallest absolute Gasteiger partial charge is 0.261 e. The van der Waals surface area contributed by atoms with Crippen LogP contribution in [0, 0.1) is 0 Å². The van der Waals surface area contributed by atoms with Crippen molar-refractivity contribution in [2.75, 3.05) is 19.5 Å². The van der Waals surface area contributed by atoms with Crippen molar-refractivity contribution in [2.24, 2.45) is 5.73 Å². The molecule has 1 amide bonds. The van der Waals surface area contributed by atoms with Gasteiger partial charge in [-0.05, 0) is 37.5 Å². The molecule has 0 saturated heterocycles. The van der Waals surface area contributed by atoms with Crippen LogP contribution in [0.25, 0.3) is 0 Å². The van der Waals surface area contributed by atoms with Crippen LogP contribution in [0.5, 0.6) is 11.5 Å². The quantitative estimate of drug-likeness (QED) is 0.896. The van der Waals surface area contributed by atoms with E-state index in [0.717, 1.165) is 29.8 Å². The van der Waals surface area contributed by atoms with Crippen LogP contribution >= 0.6 is 11.3 Å². The van der Waals surface area contributed by atoms with Gasteiger partial charge in [0.1, 0.15) is 11.5 Å². The number of benzene rings is 1. The van der Waals surface area contributed by atoms with Crippen LogP contribution in [-0.2, 0) is 12.8 Å². The van der Waals surface area contributed by atoms with Gasteiger partial charge in [-0.3, -0.25) is 10.1 Å². The maximum Gasteiger partial charge on any atom is 0.261 e. The predicted molar refractivity (Wildman–Crippen MR) is 89.6 cm³/mol. The van der Waals surface area contributed by atoms with Gasteiger partial charge in [0.15, 0.2) is 5.13 Å². The molecule has 3 rings (SSSR count). The van der Waals surface area contributed by atoms with Crippen molar-refractivity contribution in [1.29, 1.82) is 0 Å². The zero-order valence-corrected chi connectivity index (χ0v) is 13.9. The van der Waals surface area contributed by atoms with Crippen LogP contribution in [0.4, 0.5) is 5.13 Å². The number of nitrogens with two attached hydrogens (primary N) is 1. The molecule has 1 aliphatic carbocycles. The Morgan fingerprint density at radius 1 is 1.39 bits per heavy atom. The summed E-state index contributed by atoms with van der Waals surface area (Å²) in [6, 6.07) is 5.29. The Morgan fingerprint density at radius 2 is 2.22 bits per heavy atom. The lowest BCUT2D eigenvalue weighted by Crippen LogP contribution is -2.27. The highest BCUT2D eigenvalue weighted by Crippen LogP contribution is 2.30. The van der Waals surface area contributed by atoms with Gasteiger partial charge in [-0.15, -0.1) is 11.3 Å². The fourth-order valence-electron chi connectivity index (χ4n) is 2.61. The Bertz CT molecular complexity index is 729. The molecule has 1 aromatic carbocycles. The number of carbonyl (C=O) groups excluding carboxylic acids is 1. The minimum atomic E-state index is -0.267. The van der Waals surface area contributed by atoms with E-state index in [1.165, 1.54) is 18.4 Å². The summed E-state index contributed by atoms with van der Waals surface area (Å²) in [4.78, 5) is 18.2. The Hall–Kier alpha value is -2.12. The average Bonchev–Trinajstić information content (AvgIpc) is 2.95. The summed E-state index contributed by atoms with van der Waals surface area (Å²) in [5.41, 5.74) is 7.44. The number of carbonyl (C=O) groups is 1. The molecule has 0 saturated carbocycles. The van der Waals surface area contributed by atoms with Crippen molar-refractivity contribution in [2.45, 2.75) is 25.3 Å². The highest BCUT2D eigenvalue weighted by molar-refractivity contribution is 7.15. The summed E-state index contributed by atoms with van der Waals surface area (Å²) in [6.45, 7) is 0. The Morgan fingerprint density at radius 3 is 2.96 bits per heavy atom. The summed E-state index contributed by atoms with van der Waals surface area (Å²) < 4.78 is 10.4. The molecule has 7 heteroatoms. The molecule has 1 aromatic heterocycles. The second-order valence-corrected chi connectivity index (χ2v) is 6.50. The van der Waals surface area contributed by atoms with E-state index >= 15 is 0 Å². The number of aryl methyl sites for hydroxylation is 1. The molecule has 1 aliphatic rings. The molecular weight excluding hydrogens is 314 g/mol. The van der Waals surface area contributed by atoms with Gasteiger partial charge in [-0.2, -0.15) is 0 Å². The highest BCUT2D eigenvalue weighted by atomic mass is 32.1. The standard InChI is InChI=1S/C16H19N3O3S/c1-21-10-4-6-13(22-2)11(8-10)15(20)19-16-18-12-5-3-9(17)7-14(12)23-16/h4,6,8-9H,3,5,7,17H2,1-2H3,(H,18,19,20)/t9-/m0/s1. The Labute approximate surface area is 138 Å². The number of anilines is 1. The number of nitrogens with zero attached hydrogens (tertiary/aromatic N) is 1. The van der Waals surface area contributed by atoms with Crippen LogP contribution in [0.1, 0.15) is 27.3 Å². The van der Waals surface area contributed by atoms with E-state index in [1.807, 2.05) is 0 Å². The summed E-state index contributed by atoms with van der Waals surface area (Å²) >= 11 is 1.49. The number of nitrogens with one attached hydrogen (secondary N) is 1. The average molecular weight is 333 g/mol. The summed E-state index contributed by atoms with van der Waals surface area (Å²) in [5.74, 6) is 0.822. The fraction of sp³-hybridized carbons (Fsp3) is 0.375. The molecule has 0 spiro atoms. The number of hydrogen-bond donors (Lipinski definition) is 2. The Kier molecular flexibility index (Phi) is 4.49. The van der Waals surface area contributed by atoms with E-state index in [-0.39, 0.29) is 11.9 Å². The molecule has 23 heavy (non-hydrogen) atoms. The third kappa shape index (κ3) is 3.30. The molecule has 0 fully saturated rings. The Balaban J connectivity index is 1.82. The minimum absolute atomic E-state index is 0.185. The van der Waals surface area contributed by atoms with Gasteiger partial charge in [-0.25, -0.2) is 4.98 Å². The first-order valence-electron chi connectivity index (χ1n) is 7.38. The topological polar surface area (TPSA) is 86.5 Å². The molecule has 122 valence electrons. The van der Waals surface area contributed by atoms with Crippen molar-refractivity contribution in [3.8, 4) is 11.5 Å². The summed E-state index contributed by atoms with van der Waals surface area (Å²) in [7, 11) is 3.09. The molecule has 0 unspecified atom stereocenters. The first kappa shape index (κ1) is 15.8. The molecule has 3 N–H and O–H groups in total. The number of aromatic nitrogens is 1. The van der Waals surface area contributed by atoms with Crippen molar-refractivity contribution in [3.05, 3.63) is 34.3 Å². The van der Waals surface area contributed by atoms with E-state index in [4.69, 9.17) is 15.2 Å². The van der Waals surface area contributed by atoms with Gasteiger partial charge in [0, 0.05) is 10.9 Å². The third-order valence-electron chi connectivity index (χ3n) is 3.85. The van der Waals surface area contributed by atoms with Crippen LogP contribution in [0.3, 0.4) is 0 Å². The van der Waals surface area contributed by atoms with Crippen LogP contribution in [0.2, 0.25) is 0 Å². The van der Waals surface area contributed by atoms with E-state index in [2.05, 4.69) is 10.3 Å². The summed E-state index contributed by atoms with van der Waals surface area (Å²) in [5, 5.41) is 3.44. The second kappa shape index (κ2) is 6.55. The summed E-state index contributed by atoms with van der Waals surface area (Å²) in [6.07, 6.45) is 2.63. The van der Waals surface area contributed by atoms with Gasteiger partial charge in [0.2, 0.25) is 0 Å². The molecule has 6 nitrogen and oxygen atoms in total. The van der Waals surface area contributed by atoms with Gasteiger partial charge in [0.25, 0.3) is 5.91 Å². The molecular formula is C16H19N3O3S. The zero-order valence-electron chi connectivity index (χ0n) is 13.1. The van der Waals surface area contributed by atoms with Gasteiger partial charge >= 0.3 is 0 Å². The normalized spacial score (nSPS) is 16.6. The van der Waals surface area contributed by atoms with Crippen LogP contribution in [-0.4, -0.2) is 31.2 Å². The molecule has 0 aliphatic heterocycles. The molecule has 0 bridgehead atoms. The maximum absolute atomic E-state index is 12.5. The largest absolute Gasteiger partial charge is 0.497 e. The van der Waals surface area contributed by atoms with E-state index < -0.39 is 0 Å².